The number of rotatable bonds is 6. The Bertz CT molecular complexity index is 567. The van der Waals surface area contributed by atoms with Crippen LogP contribution in [0, 0.1) is 11.8 Å². The Morgan fingerprint density at radius 2 is 2.25 bits per heavy atom. The van der Waals surface area contributed by atoms with E-state index in [1.807, 2.05) is 0 Å². The van der Waals surface area contributed by atoms with Crippen molar-refractivity contribution in [3.63, 3.8) is 0 Å². The fraction of sp³-hybridized carbons (Fsp3) is 0.267. The summed E-state index contributed by atoms with van der Waals surface area (Å²) in [6.07, 6.45) is 3.19. The van der Waals surface area contributed by atoms with Crippen LogP contribution in [0.2, 0.25) is 0 Å². The molecule has 0 aromatic heterocycles. The van der Waals surface area contributed by atoms with Crippen LogP contribution in [0.5, 0.6) is 11.5 Å². The van der Waals surface area contributed by atoms with Gasteiger partial charge in [-0.25, -0.2) is 4.79 Å². The SMILES string of the molecule is CC#CCCOc1c(Br)cc(/C=C/C(=O)O)cc1OC. The third-order valence-electron chi connectivity index (χ3n) is 2.32. The third-order valence-corrected chi connectivity index (χ3v) is 2.91. The van der Waals surface area contributed by atoms with Crippen molar-refractivity contribution in [3.8, 4) is 23.3 Å². The summed E-state index contributed by atoms with van der Waals surface area (Å²) in [4.78, 5) is 10.5. The number of hydrogen-bond donors (Lipinski definition) is 1. The average Bonchev–Trinajstić information content (AvgIpc) is 2.42. The molecule has 5 heteroatoms. The van der Waals surface area contributed by atoms with E-state index in [9.17, 15) is 4.79 Å². The normalized spacial score (nSPS) is 9.95. The Morgan fingerprint density at radius 1 is 1.50 bits per heavy atom. The molecule has 1 aromatic rings. The van der Waals surface area contributed by atoms with Gasteiger partial charge in [0.1, 0.15) is 0 Å². The van der Waals surface area contributed by atoms with Crippen LogP contribution >= 0.6 is 15.9 Å². The zero-order chi connectivity index (χ0) is 15.0. The van der Waals surface area contributed by atoms with Gasteiger partial charge in [0.05, 0.1) is 18.2 Å². The maximum absolute atomic E-state index is 10.5. The first-order valence-electron chi connectivity index (χ1n) is 5.89. The Balaban J connectivity index is 2.94. The molecule has 0 unspecified atom stereocenters. The third kappa shape index (κ3) is 4.98. The average molecular weight is 339 g/mol. The highest BCUT2D eigenvalue weighted by Crippen LogP contribution is 2.37. The molecule has 0 aliphatic heterocycles. The number of aliphatic carboxylic acids is 1. The number of carboxylic acids is 1. The predicted molar refractivity (Wildman–Crippen MR) is 80.9 cm³/mol. The molecule has 0 saturated heterocycles. The number of benzene rings is 1. The molecule has 106 valence electrons. The Kier molecular flexibility index (Phi) is 6.68. The van der Waals surface area contributed by atoms with Gasteiger partial charge in [0.25, 0.3) is 0 Å². The molecule has 0 atom stereocenters. The summed E-state index contributed by atoms with van der Waals surface area (Å²) >= 11 is 3.39. The van der Waals surface area contributed by atoms with Crippen LogP contribution < -0.4 is 9.47 Å². The first-order valence-corrected chi connectivity index (χ1v) is 6.68. The van der Waals surface area contributed by atoms with Gasteiger partial charge in [0.2, 0.25) is 0 Å². The minimum atomic E-state index is -1.00. The minimum absolute atomic E-state index is 0.458. The summed E-state index contributed by atoms with van der Waals surface area (Å²) in [7, 11) is 1.53. The molecule has 1 N–H and O–H groups in total. The molecule has 0 heterocycles. The maximum Gasteiger partial charge on any atom is 0.328 e. The molecule has 0 amide bonds. The van der Waals surface area contributed by atoms with E-state index in [1.165, 1.54) is 13.2 Å². The topological polar surface area (TPSA) is 55.8 Å². The van der Waals surface area contributed by atoms with E-state index < -0.39 is 5.97 Å². The number of hydrogen-bond acceptors (Lipinski definition) is 3. The van der Waals surface area contributed by atoms with Gasteiger partial charge in [-0.15, -0.1) is 11.8 Å². The van der Waals surface area contributed by atoms with E-state index in [-0.39, 0.29) is 0 Å². The fourth-order valence-corrected chi connectivity index (χ4v) is 2.05. The summed E-state index contributed by atoms with van der Waals surface area (Å²) < 4.78 is 11.6. The highest BCUT2D eigenvalue weighted by Gasteiger charge is 2.10. The summed E-state index contributed by atoms with van der Waals surface area (Å²) in [5.74, 6) is 5.82. The first-order chi connectivity index (χ1) is 9.58. The maximum atomic E-state index is 10.5. The monoisotopic (exact) mass is 338 g/mol. The summed E-state index contributed by atoms with van der Waals surface area (Å²) in [6.45, 7) is 2.24. The van der Waals surface area contributed by atoms with Crippen molar-refractivity contribution in [2.45, 2.75) is 13.3 Å². The molecule has 1 aromatic carbocycles. The van der Waals surface area contributed by atoms with Crippen LogP contribution in [-0.2, 0) is 4.79 Å². The van der Waals surface area contributed by atoms with Crippen LogP contribution in [-0.4, -0.2) is 24.8 Å². The second-order valence-electron chi connectivity index (χ2n) is 3.73. The molecule has 1 rings (SSSR count). The van der Waals surface area contributed by atoms with E-state index in [0.717, 1.165) is 6.08 Å². The molecule has 0 aliphatic rings. The van der Waals surface area contributed by atoms with E-state index in [0.29, 0.717) is 34.6 Å². The van der Waals surface area contributed by atoms with Crippen LogP contribution in [0.1, 0.15) is 18.9 Å². The van der Waals surface area contributed by atoms with Crippen LogP contribution in [0.4, 0.5) is 0 Å². The van der Waals surface area contributed by atoms with Gasteiger partial charge in [-0.1, -0.05) is 0 Å². The van der Waals surface area contributed by atoms with E-state index in [4.69, 9.17) is 14.6 Å². The van der Waals surface area contributed by atoms with Crippen molar-refractivity contribution in [2.24, 2.45) is 0 Å². The fourth-order valence-electron chi connectivity index (χ4n) is 1.47. The van der Waals surface area contributed by atoms with Gasteiger partial charge in [-0.2, -0.15) is 0 Å². The largest absolute Gasteiger partial charge is 0.493 e. The van der Waals surface area contributed by atoms with Gasteiger partial charge in [-0.3, -0.25) is 0 Å². The highest BCUT2D eigenvalue weighted by molar-refractivity contribution is 9.10. The Labute approximate surface area is 126 Å². The van der Waals surface area contributed by atoms with Crippen molar-refractivity contribution in [3.05, 3.63) is 28.2 Å². The zero-order valence-corrected chi connectivity index (χ0v) is 12.9. The van der Waals surface area contributed by atoms with Gasteiger partial charge in [0.15, 0.2) is 11.5 Å². The van der Waals surface area contributed by atoms with Crippen LogP contribution in [0.3, 0.4) is 0 Å². The molecule has 0 aliphatic carbocycles. The molecular weight excluding hydrogens is 324 g/mol. The molecule has 20 heavy (non-hydrogen) atoms. The van der Waals surface area contributed by atoms with Crippen molar-refractivity contribution >= 4 is 28.0 Å². The van der Waals surface area contributed by atoms with Gasteiger partial charge in [0, 0.05) is 12.5 Å². The molecule has 0 saturated carbocycles. The highest BCUT2D eigenvalue weighted by atomic mass is 79.9. The van der Waals surface area contributed by atoms with Gasteiger partial charge in [-0.05, 0) is 46.6 Å². The smallest absolute Gasteiger partial charge is 0.328 e. The Morgan fingerprint density at radius 3 is 2.85 bits per heavy atom. The van der Waals surface area contributed by atoms with Crippen molar-refractivity contribution in [1.29, 1.82) is 0 Å². The lowest BCUT2D eigenvalue weighted by Crippen LogP contribution is -1.99. The number of carbonyl (C=O) groups is 1. The lowest BCUT2D eigenvalue weighted by molar-refractivity contribution is -0.131. The number of carboxylic acid groups (broad SMARTS) is 1. The molecule has 0 radical (unpaired) electrons. The summed E-state index contributed by atoms with van der Waals surface area (Å²) in [6, 6.07) is 3.48. The Hall–Kier alpha value is -1.93. The first kappa shape index (κ1) is 16.1. The van der Waals surface area contributed by atoms with Gasteiger partial charge >= 0.3 is 5.97 Å². The van der Waals surface area contributed by atoms with Crippen molar-refractivity contribution in [2.75, 3.05) is 13.7 Å². The summed E-state index contributed by atoms with van der Waals surface area (Å²) in [5, 5.41) is 8.62. The number of halogens is 1. The predicted octanol–water partition coefficient (Wildman–Crippen LogP) is 3.35. The van der Waals surface area contributed by atoms with Crippen molar-refractivity contribution in [1.82, 2.24) is 0 Å². The van der Waals surface area contributed by atoms with Crippen LogP contribution in [0.15, 0.2) is 22.7 Å². The second kappa shape index (κ2) is 8.28. The van der Waals surface area contributed by atoms with Crippen LogP contribution in [0.25, 0.3) is 6.08 Å². The lowest BCUT2D eigenvalue weighted by Gasteiger charge is -2.12. The molecule has 4 nitrogen and oxygen atoms in total. The zero-order valence-electron chi connectivity index (χ0n) is 11.3. The second-order valence-corrected chi connectivity index (χ2v) is 4.59. The van der Waals surface area contributed by atoms with Crippen molar-refractivity contribution < 1.29 is 19.4 Å². The lowest BCUT2D eigenvalue weighted by atomic mass is 10.2. The summed E-state index contributed by atoms with van der Waals surface area (Å²) in [5.41, 5.74) is 0.705. The van der Waals surface area contributed by atoms with E-state index >= 15 is 0 Å². The quantitative estimate of drug-likeness (QED) is 0.491. The standard InChI is InChI=1S/C15H15BrO4/c1-3-4-5-8-20-15-12(16)9-11(6-7-14(17)18)10-13(15)19-2/h6-7,9-10H,5,8H2,1-2H3,(H,17,18)/b7-6+. The minimum Gasteiger partial charge on any atom is -0.493 e. The number of methoxy groups -OCH3 is 1. The molecule has 0 bridgehead atoms. The molecular formula is C15H15BrO4. The number of ether oxygens (including phenoxy) is 2. The van der Waals surface area contributed by atoms with E-state index in [2.05, 4.69) is 27.8 Å². The molecule has 0 fully saturated rings. The van der Waals surface area contributed by atoms with E-state index in [1.54, 1.807) is 19.1 Å². The molecule has 0 spiro atoms. The van der Waals surface area contributed by atoms with Gasteiger partial charge < -0.3 is 14.6 Å².